The molecule has 0 aliphatic heterocycles. The second kappa shape index (κ2) is 9.26. The third kappa shape index (κ3) is 6.37. The molecule has 1 aromatic carbocycles. The molecule has 136 valence electrons. The first-order chi connectivity index (χ1) is 11.9. The van der Waals surface area contributed by atoms with E-state index in [0.29, 0.717) is 10.2 Å². The largest absolute Gasteiger partial charge is 0.301 e. The van der Waals surface area contributed by atoms with Crippen LogP contribution < -0.4 is 5.32 Å². The van der Waals surface area contributed by atoms with E-state index in [4.69, 9.17) is 11.6 Å². The van der Waals surface area contributed by atoms with Crippen molar-refractivity contribution in [2.75, 3.05) is 11.1 Å². The number of amides is 1. The van der Waals surface area contributed by atoms with Crippen LogP contribution >= 0.6 is 22.9 Å². The monoisotopic (exact) mass is 401 g/mol. The topological polar surface area (TPSA) is 89.0 Å². The minimum absolute atomic E-state index is 0.143. The van der Waals surface area contributed by atoms with Gasteiger partial charge in [0.05, 0.1) is 10.6 Å². The smallest absolute Gasteiger partial charge is 0.227 e. The zero-order valence-corrected chi connectivity index (χ0v) is 16.3. The zero-order valence-electron chi connectivity index (χ0n) is 13.9. The van der Waals surface area contributed by atoms with E-state index in [1.165, 1.54) is 35.6 Å². The van der Waals surface area contributed by atoms with Crippen LogP contribution in [0.2, 0.25) is 5.02 Å². The molecule has 25 heavy (non-hydrogen) atoms. The van der Waals surface area contributed by atoms with Crippen LogP contribution in [0.5, 0.6) is 0 Å². The molecule has 0 atom stereocenters. The van der Waals surface area contributed by atoms with Gasteiger partial charge in [0.2, 0.25) is 11.0 Å². The highest BCUT2D eigenvalue weighted by Crippen LogP contribution is 2.19. The fourth-order valence-electron chi connectivity index (χ4n) is 2.10. The Kier molecular flexibility index (Phi) is 7.34. The van der Waals surface area contributed by atoms with E-state index in [0.717, 1.165) is 30.7 Å². The van der Waals surface area contributed by atoms with E-state index in [1.807, 2.05) is 0 Å². The number of carbonyl (C=O) groups is 1. The SMILES string of the molecule is CCCCCc1nnc(NC(=O)CCS(=O)(=O)c2ccc(Cl)cc2)s1. The van der Waals surface area contributed by atoms with Gasteiger partial charge in [0.25, 0.3) is 0 Å². The number of sulfone groups is 1. The number of aryl methyl sites for hydroxylation is 1. The molecule has 0 aliphatic rings. The van der Waals surface area contributed by atoms with Gasteiger partial charge in [-0.3, -0.25) is 4.79 Å². The maximum Gasteiger partial charge on any atom is 0.227 e. The summed E-state index contributed by atoms with van der Waals surface area (Å²) in [5.41, 5.74) is 0. The number of hydrogen-bond acceptors (Lipinski definition) is 6. The lowest BCUT2D eigenvalue weighted by Gasteiger charge is -2.04. The number of unbranched alkanes of at least 4 members (excludes halogenated alkanes) is 2. The van der Waals surface area contributed by atoms with Gasteiger partial charge < -0.3 is 5.32 Å². The molecule has 0 fully saturated rings. The van der Waals surface area contributed by atoms with Crippen molar-refractivity contribution >= 4 is 43.8 Å². The lowest BCUT2D eigenvalue weighted by atomic mass is 10.2. The Bertz CT molecular complexity index is 804. The second-order valence-corrected chi connectivity index (χ2v) is 9.14. The van der Waals surface area contributed by atoms with Crippen LogP contribution in [-0.4, -0.2) is 30.3 Å². The lowest BCUT2D eigenvalue weighted by molar-refractivity contribution is -0.115. The number of hydrogen-bond donors (Lipinski definition) is 1. The number of carbonyl (C=O) groups excluding carboxylic acids is 1. The van der Waals surface area contributed by atoms with Gasteiger partial charge in [-0.15, -0.1) is 10.2 Å². The van der Waals surface area contributed by atoms with Crippen molar-refractivity contribution in [3.05, 3.63) is 34.3 Å². The maximum absolute atomic E-state index is 12.2. The summed E-state index contributed by atoms with van der Waals surface area (Å²) >= 11 is 7.08. The van der Waals surface area contributed by atoms with Gasteiger partial charge >= 0.3 is 0 Å². The first-order valence-electron chi connectivity index (χ1n) is 8.01. The molecule has 0 saturated carbocycles. The average molecular weight is 402 g/mol. The van der Waals surface area contributed by atoms with Gasteiger partial charge in [-0.05, 0) is 30.7 Å². The van der Waals surface area contributed by atoms with Gasteiger partial charge in [0.15, 0.2) is 9.84 Å². The molecule has 2 aromatic rings. The van der Waals surface area contributed by atoms with Crippen LogP contribution in [0.25, 0.3) is 0 Å². The average Bonchev–Trinajstić information content (AvgIpc) is 3.01. The molecule has 9 heteroatoms. The fraction of sp³-hybridized carbons (Fsp3) is 0.438. The predicted octanol–water partition coefficient (Wildman–Crippen LogP) is 3.73. The molecule has 0 saturated heterocycles. The van der Waals surface area contributed by atoms with Gasteiger partial charge in [-0.25, -0.2) is 8.42 Å². The Morgan fingerprint density at radius 1 is 1.20 bits per heavy atom. The number of nitrogens with zero attached hydrogens (tertiary/aromatic N) is 2. The molecule has 1 N–H and O–H groups in total. The highest BCUT2D eigenvalue weighted by atomic mass is 35.5. The van der Waals surface area contributed by atoms with E-state index < -0.39 is 15.7 Å². The number of halogens is 1. The minimum Gasteiger partial charge on any atom is -0.301 e. The third-order valence-electron chi connectivity index (χ3n) is 3.48. The Hall–Kier alpha value is -1.51. The van der Waals surface area contributed by atoms with Crippen molar-refractivity contribution in [1.29, 1.82) is 0 Å². The highest BCUT2D eigenvalue weighted by molar-refractivity contribution is 7.91. The predicted molar refractivity (Wildman–Crippen MR) is 99.9 cm³/mol. The van der Waals surface area contributed by atoms with Crippen molar-refractivity contribution in [2.24, 2.45) is 0 Å². The molecular formula is C16H20ClN3O3S2. The van der Waals surface area contributed by atoms with E-state index >= 15 is 0 Å². The van der Waals surface area contributed by atoms with Crippen molar-refractivity contribution in [3.8, 4) is 0 Å². The normalized spacial score (nSPS) is 11.4. The van der Waals surface area contributed by atoms with Crippen molar-refractivity contribution < 1.29 is 13.2 Å². The molecule has 0 spiro atoms. The first kappa shape index (κ1) is 19.8. The second-order valence-electron chi connectivity index (χ2n) is 5.53. The molecule has 2 rings (SSSR count). The number of aromatic nitrogens is 2. The summed E-state index contributed by atoms with van der Waals surface area (Å²) < 4.78 is 24.4. The third-order valence-corrected chi connectivity index (χ3v) is 6.36. The van der Waals surface area contributed by atoms with E-state index in [-0.39, 0.29) is 17.1 Å². The Labute approximate surface area is 156 Å². The molecule has 0 unspecified atom stereocenters. The molecule has 0 aliphatic carbocycles. The number of nitrogens with one attached hydrogen (secondary N) is 1. The summed E-state index contributed by atoms with van der Waals surface area (Å²) in [6, 6.07) is 5.89. The molecule has 0 bridgehead atoms. The van der Waals surface area contributed by atoms with Gasteiger partial charge in [0.1, 0.15) is 5.01 Å². The van der Waals surface area contributed by atoms with Crippen LogP contribution in [0.4, 0.5) is 5.13 Å². The molecular weight excluding hydrogens is 382 g/mol. The van der Waals surface area contributed by atoms with Crippen molar-refractivity contribution in [1.82, 2.24) is 10.2 Å². The summed E-state index contributed by atoms with van der Waals surface area (Å²) in [6.45, 7) is 2.13. The van der Waals surface area contributed by atoms with Crippen LogP contribution in [0.15, 0.2) is 29.2 Å². The van der Waals surface area contributed by atoms with Gasteiger partial charge in [-0.1, -0.05) is 42.7 Å². The Morgan fingerprint density at radius 2 is 1.92 bits per heavy atom. The van der Waals surface area contributed by atoms with E-state index in [9.17, 15) is 13.2 Å². The van der Waals surface area contributed by atoms with E-state index in [2.05, 4.69) is 22.4 Å². The number of rotatable bonds is 9. The Morgan fingerprint density at radius 3 is 2.60 bits per heavy atom. The van der Waals surface area contributed by atoms with E-state index in [1.54, 1.807) is 0 Å². The summed E-state index contributed by atoms with van der Waals surface area (Å²) in [7, 11) is -3.53. The van der Waals surface area contributed by atoms with Crippen LogP contribution in [-0.2, 0) is 21.1 Å². The first-order valence-corrected chi connectivity index (χ1v) is 10.9. The van der Waals surface area contributed by atoms with Crippen LogP contribution in [0.3, 0.4) is 0 Å². The molecule has 0 radical (unpaired) electrons. The highest BCUT2D eigenvalue weighted by Gasteiger charge is 2.17. The Balaban J connectivity index is 1.85. The van der Waals surface area contributed by atoms with Gasteiger partial charge in [-0.2, -0.15) is 0 Å². The van der Waals surface area contributed by atoms with Crippen LogP contribution in [0, 0.1) is 0 Å². The quantitative estimate of drug-likeness (QED) is 0.646. The minimum atomic E-state index is -3.53. The number of benzene rings is 1. The summed E-state index contributed by atoms with van der Waals surface area (Å²) in [5, 5.41) is 12.3. The number of anilines is 1. The van der Waals surface area contributed by atoms with Gasteiger partial charge in [0, 0.05) is 17.9 Å². The summed E-state index contributed by atoms with van der Waals surface area (Å²) in [4.78, 5) is 12.1. The summed E-state index contributed by atoms with van der Waals surface area (Å²) in [6.07, 6.45) is 3.99. The molecule has 1 aromatic heterocycles. The van der Waals surface area contributed by atoms with Crippen molar-refractivity contribution in [3.63, 3.8) is 0 Å². The molecule has 6 nitrogen and oxygen atoms in total. The van der Waals surface area contributed by atoms with Crippen LogP contribution in [0.1, 0.15) is 37.6 Å². The molecule has 1 heterocycles. The summed E-state index contributed by atoms with van der Waals surface area (Å²) in [5.74, 6) is -0.670. The zero-order chi connectivity index (χ0) is 18.3. The van der Waals surface area contributed by atoms with Crippen molar-refractivity contribution in [2.45, 2.75) is 43.9 Å². The fourth-order valence-corrected chi connectivity index (χ4v) is 4.26. The maximum atomic E-state index is 12.2. The molecule has 1 amide bonds. The standard InChI is InChI=1S/C16H20ClN3O3S2/c1-2-3-4-5-15-19-20-16(24-15)18-14(21)10-11-25(22,23)13-8-6-12(17)7-9-13/h6-9H,2-5,10-11H2,1H3,(H,18,20,21). The lowest BCUT2D eigenvalue weighted by Crippen LogP contribution is -2.17.